The minimum atomic E-state index is 0.800. The summed E-state index contributed by atoms with van der Waals surface area (Å²) in [5, 5.41) is 0. The van der Waals surface area contributed by atoms with E-state index in [2.05, 4.69) is 26.5 Å². The first-order valence-electron chi connectivity index (χ1n) is 2.77. The topological polar surface area (TPSA) is 0 Å². The Kier molecular flexibility index (Phi) is 3.77. The second kappa shape index (κ2) is 3.91. The van der Waals surface area contributed by atoms with Crippen LogP contribution in [0.1, 0.15) is 26.7 Å². The Morgan fingerprint density at radius 3 is 2.29 bits per heavy atom. The molecule has 0 heterocycles. The van der Waals surface area contributed by atoms with Gasteiger partial charge < -0.3 is 0 Å². The molecular formula is C7H13. The number of hydrogen-bond acceptors (Lipinski definition) is 0. The summed E-state index contributed by atoms with van der Waals surface area (Å²) < 4.78 is 0. The predicted molar refractivity (Wildman–Crippen MR) is 32.9 cm³/mol. The van der Waals surface area contributed by atoms with Crippen molar-refractivity contribution in [2.75, 3.05) is 0 Å². The molecule has 0 aliphatic rings. The van der Waals surface area contributed by atoms with Crippen LogP contribution >= 0.6 is 0 Å². The van der Waals surface area contributed by atoms with E-state index in [4.69, 9.17) is 0 Å². The van der Waals surface area contributed by atoms with Crippen molar-refractivity contribution < 1.29 is 0 Å². The van der Waals surface area contributed by atoms with Gasteiger partial charge in [-0.15, -0.1) is 0 Å². The van der Waals surface area contributed by atoms with Crippen LogP contribution < -0.4 is 0 Å². The molecule has 0 nitrogen and oxygen atoms in total. The Morgan fingerprint density at radius 1 is 1.57 bits per heavy atom. The molecule has 0 heteroatoms. The summed E-state index contributed by atoms with van der Waals surface area (Å²) in [6, 6.07) is 0. The van der Waals surface area contributed by atoms with Crippen LogP contribution in [0, 0.1) is 12.0 Å². The predicted octanol–water partition coefficient (Wildman–Crippen LogP) is 2.41. The first-order valence-corrected chi connectivity index (χ1v) is 2.77. The van der Waals surface area contributed by atoms with E-state index in [0.717, 1.165) is 12.3 Å². The van der Waals surface area contributed by atoms with Crippen LogP contribution in [0.2, 0.25) is 0 Å². The molecule has 0 spiro atoms. The maximum Gasteiger partial charge on any atom is -0.0280 e. The van der Waals surface area contributed by atoms with E-state index in [-0.39, 0.29) is 0 Å². The van der Waals surface area contributed by atoms with Crippen molar-refractivity contribution in [3.63, 3.8) is 0 Å². The summed E-state index contributed by atoms with van der Waals surface area (Å²) >= 11 is 0. The number of hydrogen-bond donors (Lipinski definition) is 0. The Morgan fingerprint density at radius 2 is 2.14 bits per heavy atom. The third-order valence-electron chi connectivity index (χ3n) is 0.898. The second-order valence-electron chi connectivity index (χ2n) is 2.18. The van der Waals surface area contributed by atoms with Crippen molar-refractivity contribution in [1.29, 1.82) is 0 Å². The molecule has 0 rings (SSSR count). The summed E-state index contributed by atoms with van der Waals surface area (Å²) in [5.74, 6) is 0.800. The third kappa shape index (κ3) is 5.74. The van der Waals surface area contributed by atoms with Crippen LogP contribution in [0.4, 0.5) is 0 Å². The number of rotatable bonds is 3. The lowest BCUT2D eigenvalue weighted by molar-refractivity contribution is 0.590. The molecule has 0 aliphatic heterocycles. The number of allylic oxidation sites excluding steroid dienone is 1. The molecule has 7 heavy (non-hydrogen) atoms. The molecule has 0 aromatic heterocycles. The highest BCUT2D eigenvalue weighted by molar-refractivity contribution is 4.56. The standard InChI is InChI=1S/C7H13/c1-4-5-6-7(2)3/h7H,1,5-6H2,2-3H3. The smallest absolute Gasteiger partial charge is 0.0280 e. The lowest BCUT2D eigenvalue weighted by Crippen LogP contribution is -1.82. The van der Waals surface area contributed by atoms with Crippen molar-refractivity contribution in [3.05, 3.63) is 12.7 Å². The first kappa shape index (κ1) is 6.74. The normalized spacial score (nSPS) is 9.57. The van der Waals surface area contributed by atoms with Gasteiger partial charge in [-0.1, -0.05) is 26.5 Å². The molecule has 0 N–H and O–H groups in total. The summed E-state index contributed by atoms with van der Waals surface area (Å²) in [4.78, 5) is 0. The molecule has 0 fully saturated rings. The zero-order chi connectivity index (χ0) is 5.70. The minimum Gasteiger partial charge on any atom is -0.0956 e. The molecule has 0 aromatic rings. The van der Waals surface area contributed by atoms with Gasteiger partial charge in [0.25, 0.3) is 0 Å². The highest BCUT2D eigenvalue weighted by atomic mass is 13.9. The fourth-order valence-corrected chi connectivity index (χ4v) is 0.391. The highest BCUT2D eigenvalue weighted by Crippen LogP contribution is 2.01. The Hall–Kier alpha value is -0.260. The molecule has 0 unspecified atom stereocenters. The first-order chi connectivity index (χ1) is 3.27. The Balaban J connectivity index is 2.81. The van der Waals surface area contributed by atoms with Crippen molar-refractivity contribution in [1.82, 2.24) is 0 Å². The van der Waals surface area contributed by atoms with Crippen LogP contribution in [0.3, 0.4) is 0 Å². The lowest BCUT2D eigenvalue weighted by atomic mass is 10.1. The summed E-state index contributed by atoms with van der Waals surface area (Å²) in [5.41, 5.74) is 0. The molecule has 41 valence electrons. The van der Waals surface area contributed by atoms with Crippen LogP contribution in [-0.2, 0) is 0 Å². The van der Waals surface area contributed by atoms with Gasteiger partial charge in [-0.2, -0.15) is 0 Å². The Bertz CT molecular complexity index is 44.0. The zero-order valence-electron chi connectivity index (χ0n) is 5.20. The van der Waals surface area contributed by atoms with Gasteiger partial charge in [0.1, 0.15) is 0 Å². The van der Waals surface area contributed by atoms with Gasteiger partial charge in [-0.3, -0.25) is 0 Å². The van der Waals surface area contributed by atoms with E-state index in [9.17, 15) is 0 Å². The van der Waals surface area contributed by atoms with Gasteiger partial charge in [0, 0.05) is 0 Å². The fourth-order valence-electron chi connectivity index (χ4n) is 0.391. The van der Waals surface area contributed by atoms with E-state index in [1.165, 1.54) is 6.42 Å². The van der Waals surface area contributed by atoms with Gasteiger partial charge >= 0.3 is 0 Å². The van der Waals surface area contributed by atoms with Crippen LogP contribution in [0.25, 0.3) is 0 Å². The summed E-state index contributed by atoms with van der Waals surface area (Å²) in [6.45, 7) is 7.92. The molecule has 0 aliphatic carbocycles. The Labute approximate surface area is 46.2 Å². The monoisotopic (exact) mass is 97.1 g/mol. The summed E-state index contributed by atoms with van der Waals surface area (Å²) in [7, 11) is 0. The largest absolute Gasteiger partial charge is 0.0956 e. The third-order valence-corrected chi connectivity index (χ3v) is 0.898. The molecule has 0 aromatic carbocycles. The van der Waals surface area contributed by atoms with E-state index < -0.39 is 0 Å². The SMILES string of the molecule is C=[C]CCC(C)C. The molecule has 0 bridgehead atoms. The maximum atomic E-state index is 3.51. The maximum absolute atomic E-state index is 3.51. The van der Waals surface area contributed by atoms with Gasteiger partial charge in [0.2, 0.25) is 0 Å². The minimum absolute atomic E-state index is 0.800. The molecular weight excluding hydrogens is 84.1 g/mol. The molecule has 0 amide bonds. The average Bonchev–Trinajstić information content (AvgIpc) is 1.61. The zero-order valence-corrected chi connectivity index (χ0v) is 5.20. The second-order valence-corrected chi connectivity index (χ2v) is 2.18. The van der Waals surface area contributed by atoms with Crippen molar-refractivity contribution in [3.8, 4) is 0 Å². The van der Waals surface area contributed by atoms with Gasteiger partial charge in [-0.05, 0) is 18.8 Å². The summed E-state index contributed by atoms with van der Waals surface area (Å²) in [6.07, 6.45) is 5.11. The van der Waals surface area contributed by atoms with Crippen molar-refractivity contribution in [2.45, 2.75) is 26.7 Å². The van der Waals surface area contributed by atoms with Crippen LogP contribution in [0.15, 0.2) is 6.58 Å². The lowest BCUT2D eigenvalue weighted by Gasteiger charge is -1.96. The van der Waals surface area contributed by atoms with E-state index in [1.54, 1.807) is 0 Å². The molecule has 1 radical (unpaired) electrons. The van der Waals surface area contributed by atoms with Crippen molar-refractivity contribution >= 4 is 0 Å². The van der Waals surface area contributed by atoms with Gasteiger partial charge in [0.05, 0.1) is 0 Å². The van der Waals surface area contributed by atoms with E-state index in [0.29, 0.717) is 0 Å². The molecule has 0 atom stereocenters. The quantitative estimate of drug-likeness (QED) is 0.507. The average molecular weight is 97.2 g/mol. The van der Waals surface area contributed by atoms with Crippen LogP contribution in [-0.4, -0.2) is 0 Å². The van der Waals surface area contributed by atoms with Gasteiger partial charge in [-0.25, -0.2) is 0 Å². The molecule has 0 saturated carbocycles. The van der Waals surface area contributed by atoms with E-state index >= 15 is 0 Å². The molecule has 0 saturated heterocycles. The fraction of sp³-hybridized carbons (Fsp3) is 0.714. The van der Waals surface area contributed by atoms with E-state index in [1.807, 2.05) is 0 Å². The van der Waals surface area contributed by atoms with Crippen molar-refractivity contribution in [2.24, 2.45) is 5.92 Å². The van der Waals surface area contributed by atoms with Gasteiger partial charge in [0.15, 0.2) is 0 Å². The highest BCUT2D eigenvalue weighted by Gasteiger charge is 1.87. The van der Waals surface area contributed by atoms with Crippen LogP contribution in [0.5, 0.6) is 0 Å².